The van der Waals surface area contributed by atoms with Gasteiger partial charge in [-0.1, -0.05) is 109 Å². The van der Waals surface area contributed by atoms with Crippen LogP contribution >= 0.6 is 0 Å². The second kappa shape index (κ2) is 9.91. The van der Waals surface area contributed by atoms with Gasteiger partial charge in [-0.3, -0.25) is 9.97 Å². The molecule has 2 aromatic heterocycles. The number of fused-ring (bicyclic) bond motifs is 2. The molecule has 0 saturated carbocycles. The van der Waals surface area contributed by atoms with Crippen molar-refractivity contribution in [2.75, 3.05) is 0 Å². The summed E-state index contributed by atoms with van der Waals surface area (Å²) in [7, 11) is 0. The molecule has 7 aromatic rings. The molecule has 0 aliphatic rings. The molecular weight excluding hydrogens is 484 g/mol. The molecule has 0 amide bonds. The van der Waals surface area contributed by atoms with Crippen LogP contribution in [0.2, 0.25) is 0 Å². The Hall–Kier alpha value is -5.08. The second-order valence-electron chi connectivity index (χ2n) is 10.3. The average Bonchev–Trinajstić information content (AvgIpc) is 3.00. The van der Waals surface area contributed by atoms with Crippen LogP contribution in [0.3, 0.4) is 0 Å². The van der Waals surface area contributed by atoms with Crippen molar-refractivity contribution >= 4 is 21.5 Å². The van der Waals surface area contributed by atoms with Gasteiger partial charge < -0.3 is 0 Å². The molecule has 0 saturated heterocycles. The van der Waals surface area contributed by atoms with Gasteiger partial charge in [0.25, 0.3) is 0 Å². The molecule has 2 nitrogen and oxygen atoms in total. The van der Waals surface area contributed by atoms with Gasteiger partial charge in [-0.2, -0.15) is 0 Å². The van der Waals surface area contributed by atoms with Gasteiger partial charge in [0.05, 0.1) is 5.69 Å². The van der Waals surface area contributed by atoms with Crippen molar-refractivity contribution in [3.63, 3.8) is 0 Å². The van der Waals surface area contributed by atoms with E-state index in [2.05, 4.69) is 126 Å². The van der Waals surface area contributed by atoms with Crippen molar-refractivity contribution in [1.82, 2.24) is 9.97 Å². The van der Waals surface area contributed by atoms with Gasteiger partial charge in [0, 0.05) is 28.7 Å². The lowest BCUT2D eigenvalue weighted by Gasteiger charge is -2.18. The monoisotopic (exact) mass is 512 g/mol. The number of nitrogens with zero attached hydrogens (tertiary/aromatic N) is 2. The molecule has 0 unspecified atom stereocenters. The molecule has 0 radical (unpaired) electrons. The smallest absolute Gasteiger partial charge is 0.0705 e. The predicted molar refractivity (Wildman–Crippen MR) is 168 cm³/mol. The Kier molecular flexibility index (Phi) is 5.94. The van der Waals surface area contributed by atoms with Crippen molar-refractivity contribution < 1.29 is 0 Å². The number of aromatic nitrogens is 2. The summed E-state index contributed by atoms with van der Waals surface area (Å²) in [5.74, 6) is 0. The highest BCUT2D eigenvalue weighted by molar-refractivity contribution is 6.21. The quantitative estimate of drug-likeness (QED) is 0.219. The maximum atomic E-state index is 4.72. The highest BCUT2D eigenvalue weighted by Crippen LogP contribution is 2.44. The molecule has 2 heterocycles. The SMILES string of the molecule is Cc1ccc(-c2ccc(-c3c4ccccc4c(-c4ccc(-c5cccc(C)n5)cc4)c4ccccc34)cc2)cn1. The first-order valence-electron chi connectivity index (χ1n) is 13.7. The van der Waals surface area contributed by atoms with E-state index in [1.807, 2.05) is 26.1 Å². The minimum atomic E-state index is 1.00. The maximum Gasteiger partial charge on any atom is 0.0705 e. The Labute approximate surface area is 234 Å². The Morgan fingerprint density at radius 3 is 1.32 bits per heavy atom. The summed E-state index contributed by atoms with van der Waals surface area (Å²) >= 11 is 0. The molecule has 0 bridgehead atoms. The van der Waals surface area contributed by atoms with Gasteiger partial charge in [0.15, 0.2) is 0 Å². The van der Waals surface area contributed by atoms with Crippen LogP contribution in [0.4, 0.5) is 0 Å². The largest absolute Gasteiger partial charge is 0.261 e. The topological polar surface area (TPSA) is 25.8 Å². The highest BCUT2D eigenvalue weighted by Gasteiger charge is 2.16. The normalized spacial score (nSPS) is 11.2. The molecule has 0 aliphatic carbocycles. The third-order valence-corrected chi connectivity index (χ3v) is 7.71. The lowest BCUT2D eigenvalue weighted by Crippen LogP contribution is -1.91. The van der Waals surface area contributed by atoms with Gasteiger partial charge in [-0.15, -0.1) is 0 Å². The number of benzene rings is 5. The average molecular weight is 513 g/mol. The summed E-state index contributed by atoms with van der Waals surface area (Å²) in [6, 6.07) is 45.7. The van der Waals surface area contributed by atoms with Crippen LogP contribution in [0.5, 0.6) is 0 Å². The fraction of sp³-hybridized carbons (Fsp3) is 0.0526. The number of hydrogen-bond acceptors (Lipinski definition) is 2. The fourth-order valence-corrected chi connectivity index (χ4v) is 5.73. The number of pyridine rings is 2. The molecule has 7 rings (SSSR count). The van der Waals surface area contributed by atoms with Crippen LogP contribution in [0.25, 0.3) is 66.2 Å². The van der Waals surface area contributed by atoms with E-state index in [-0.39, 0.29) is 0 Å². The first kappa shape index (κ1) is 24.0. The standard InChI is InChI=1S/C38H28N2/c1-25-14-15-31(24-39-25)27-16-20-29(21-17-27)37-32-9-3-5-11-34(32)38(35-12-6-4-10-33(35)37)30-22-18-28(19-23-30)36-13-7-8-26(2)40-36/h3-24H,1-2H3. The number of hydrogen-bond donors (Lipinski definition) is 0. The van der Waals surface area contributed by atoms with Crippen molar-refractivity contribution in [2.45, 2.75) is 13.8 Å². The predicted octanol–water partition coefficient (Wildman–Crippen LogP) is 10.1. The molecule has 0 aliphatic heterocycles. The van der Waals surface area contributed by atoms with Crippen LogP contribution in [-0.4, -0.2) is 9.97 Å². The molecule has 5 aromatic carbocycles. The van der Waals surface area contributed by atoms with E-state index in [0.29, 0.717) is 0 Å². The van der Waals surface area contributed by atoms with E-state index in [0.717, 1.165) is 28.2 Å². The van der Waals surface area contributed by atoms with Gasteiger partial charge >= 0.3 is 0 Å². The third kappa shape index (κ3) is 4.24. The van der Waals surface area contributed by atoms with E-state index >= 15 is 0 Å². The summed E-state index contributed by atoms with van der Waals surface area (Å²) in [4.78, 5) is 9.20. The zero-order chi connectivity index (χ0) is 27.1. The van der Waals surface area contributed by atoms with Crippen LogP contribution in [0.1, 0.15) is 11.4 Å². The van der Waals surface area contributed by atoms with E-state index in [4.69, 9.17) is 4.98 Å². The Morgan fingerprint density at radius 2 is 0.850 bits per heavy atom. The Bertz CT molecular complexity index is 1930. The molecule has 0 N–H and O–H groups in total. The number of rotatable bonds is 4. The minimum Gasteiger partial charge on any atom is -0.261 e. The fourth-order valence-electron chi connectivity index (χ4n) is 5.73. The molecule has 2 heteroatoms. The maximum absolute atomic E-state index is 4.72. The van der Waals surface area contributed by atoms with Gasteiger partial charge in [0.2, 0.25) is 0 Å². The van der Waals surface area contributed by atoms with Gasteiger partial charge in [-0.05, 0) is 81.4 Å². The van der Waals surface area contributed by atoms with E-state index in [1.54, 1.807) is 0 Å². The lowest BCUT2D eigenvalue weighted by atomic mass is 9.85. The van der Waals surface area contributed by atoms with E-state index in [9.17, 15) is 0 Å². The summed E-state index contributed by atoms with van der Waals surface area (Å²) < 4.78 is 0. The Balaban J connectivity index is 1.40. The molecular formula is C38H28N2. The molecule has 0 spiro atoms. The van der Waals surface area contributed by atoms with E-state index < -0.39 is 0 Å². The summed E-state index contributed by atoms with van der Waals surface area (Å²) in [6.07, 6.45) is 1.95. The zero-order valence-electron chi connectivity index (χ0n) is 22.6. The molecule has 0 fully saturated rings. The van der Waals surface area contributed by atoms with Crippen LogP contribution in [-0.2, 0) is 0 Å². The first-order valence-corrected chi connectivity index (χ1v) is 13.7. The van der Waals surface area contributed by atoms with Crippen LogP contribution in [0.15, 0.2) is 134 Å². The molecule has 40 heavy (non-hydrogen) atoms. The highest BCUT2D eigenvalue weighted by atomic mass is 14.7. The number of aryl methyl sites for hydroxylation is 2. The van der Waals surface area contributed by atoms with Crippen molar-refractivity contribution in [1.29, 1.82) is 0 Å². The van der Waals surface area contributed by atoms with Crippen molar-refractivity contribution in [2.24, 2.45) is 0 Å². The van der Waals surface area contributed by atoms with Gasteiger partial charge in [0.1, 0.15) is 0 Å². The van der Waals surface area contributed by atoms with Crippen molar-refractivity contribution in [3.05, 3.63) is 145 Å². The van der Waals surface area contributed by atoms with Crippen molar-refractivity contribution in [3.8, 4) is 44.6 Å². The summed E-state index contributed by atoms with van der Waals surface area (Å²) in [5, 5.41) is 5.02. The Morgan fingerprint density at radius 1 is 0.375 bits per heavy atom. The first-order chi connectivity index (χ1) is 19.7. The van der Waals surface area contributed by atoms with Crippen LogP contribution < -0.4 is 0 Å². The second-order valence-corrected chi connectivity index (χ2v) is 10.3. The van der Waals surface area contributed by atoms with E-state index in [1.165, 1.54) is 49.4 Å². The summed E-state index contributed by atoms with van der Waals surface area (Å²) in [6.45, 7) is 4.05. The van der Waals surface area contributed by atoms with Crippen LogP contribution in [0, 0.1) is 13.8 Å². The molecule has 0 atom stereocenters. The van der Waals surface area contributed by atoms with Gasteiger partial charge in [-0.25, -0.2) is 0 Å². The minimum absolute atomic E-state index is 1.00. The summed E-state index contributed by atoms with van der Waals surface area (Å²) in [5.41, 5.74) is 11.4. The zero-order valence-corrected chi connectivity index (χ0v) is 22.6. The lowest BCUT2D eigenvalue weighted by molar-refractivity contribution is 1.20. The molecule has 190 valence electrons. The third-order valence-electron chi connectivity index (χ3n) is 7.71.